The number of allylic oxidation sites excluding steroid dienone is 1. The van der Waals surface area contributed by atoms with E-state index in [0.717, 1.165) is 16.7 Å². The van der Waals surface area contributed by atoms with Crippen LogP contribution in [0.1, 0.15) is 33.1 Å². The van der Waals surface area contributed by atoms with E-state index in [2.05, 4.69) is 15.7 Å². The number of carbonyl (C=O) groups is 2. The number of aliphatic carboxylic acids is 1. The lowest BCUT2D eigenvalue weighted by Gasteiger charge is -2.25. The number of hydrogen-bond acceptors (Lipinski definition) is 5. The molecule has 0 saturated heterocycles. The number of carboxylic acid groups (broad SMARTS) is 1. The minimum absolute atomic E-state index is 0.0378. The molecule has 8 nitrogen and oxygen atoms in total. The van der Waals surface area contributed by atoms with E-state index in [9.17, 15) is 14.7 Å². The van der Waals surface area contributed by atoms with Crippen molar-refractivity contribution in [1.82, 2.24) is 9.78 Å². The number of nitrogens with zero attached hydrogens (tertiary/aromatic N) is 2. The van der Waals surface area contributed by atoms with E-state index in [0.29, 0.717) is 17.3 Å². The van der Waals surface area contributed by atoms with Crippen molar-refractivity contribution in [3.05, 3.63) is 82.7 Å². The average Bonchev–Trinajstić information content (AvgIpc) is 3.20. The van der Waals surface area contributed by atoms with Crippen molar-refractivity contribution < 1.29 is 19.4 Å². The first-order valence-electron chi connectivity index (χ1n) is 9.70. The lowest BCUT2D eigenvalue weighted by Crippen LogP contribution is -2.26. The van der Waals surface area contributed by atoms with Crippen molar-refractivity contribution in [2.75, 3.05) is 17.7 Å². The molecule has 0 fully saturated rings. The van der Waals surface area contributed by atoms with Crippen LogP contribution in [0, 0.1) is 13.8 Å². The number of carbonyl (C=O) groups excluding carboxylic acids is 1. The zero-order valence-corrected chi connectivity index (χ0v) is 17.3. The van der Waals surface area contributed by atoms with Crippen LogP contribution in [0.3, 0.4) is 0 Å². The van der Waals surface area contributed by atoms with E-state index in [1.807, 2.05) is 50.2 Å². The van der Waals surface area contributed by atoms with Gasteiger partial charge in [0.1, 0.15) is 28.9 Å². The summed E-state index contributed by atoms with van der Waals surface area (Å²) in [4.78, 5) is 24.8. The number of rotatable bonds is 5. The normalized spacial score (nSPS) is 14.8. The molecule has 1 aliphatic heterocycles. The standard InChI is InChI=1S/C23H22N4O4/c1-13-8-9-15(10-14(13)2)25-22(28)17-12-24-27-19(11-18(23(29)30)26-21(17)27)16-6-4-5-7-20(16)31-3/h4-12,19,26H,1-3H3,(H,25,28)(H,29,30)/t19-/m0/s1. The van der Waals surface area contributed by atoms with Gasteiger partial charge in [-0.15, -0.1) is 0 Å². The van der Waals surface area contributed by atoms with E-state index in [1.54, 1.807) is 23.9 Å². The third kappa shape index (κ3) is 3.75. The van der Waals surface area contributed by atoms with E-state index >= 15 is 0 Å². The number of hydrogen-bond donors (Lipinski definition) is 3. The SMILES string of the molecule is COc1ccccc1[C@@H]1C=C(C(=O)O)Nc2c(C(=O)Nc3ccc(C)c(C)c3)cnn21. The molecule has 3 N–H and O–H groups in total. The number of aryl methyl sites for hydroxylation is 2. The Bertz CT molecular complexity index is 1210. The summed E-state index contributed by atoms with van der Waals surface area (Å²) in [7, 11) is 1.55. The van der Waals surface area contributed by atoms with Gasteiger partial charge in [-0.2, -0.15) is 5.10 Å². The van der Waals surface area contributed by atoms with Crippen LogP contribution < -0.4 is 15.4 Å². The van der Waals surface area contributed by atoms with Gasteiger partial charge < -0.3 is 20.5 Å². The fourth-order valence-corrected chi connectivity index (χ4v) is 3.54. The quantitative estimate of drug-likeness (QED) is 0.583. The van der Waals surface area contributed by atoms with Crippen molar-refractivity contribution in [2.24, 2.45) is 0 Å². The highest BCUT2D eigenvalue weighted by molar-refractivity contribution is 6.08. The van der Waals surface area contributed by atoms with Crippen molar-refractivity contribution in [2.45, 2.75) is 19.9 Å². The van der Waals surface area contributed by atoms with Gasteiger partial charge in [-0.25, -0.2) is 9.48 Å². The monoisotopic (exact) mass is 418 g/mol. The summed E-state index contributed by atoms with van der Waals surface area (Å²) in [6.07, 6.45) is 2.98. The Morgan fingerprint density at radius 3 is 2.65 bits per heavy atom. The number of aromatic nitrogens is 2. The van der Waals surface area contributed by atoms with Crippen molar-refractivity contribution >= 4 is 23.4 Å². The molecule has 2 aromatic carbocycles. The summed E-state index contributed by atoms with van der Waals surface area (Å²) in [5.74, 6) is -0.620. The summed E-state index contributed by atoms with van der Waals surface area (Å²) >= 11 is 0. The third-order valence-corrected chi connectivity index (χ3v) is 5.33. The van der Waals surface area contributed by atoms with Crippen molar-refractivity contribution in [1.29, 1.82) is 0 Å². The molecule has 8 heteroatoms. The highest BCUT2D eigenvalue weighted by Crippen LogP contribution is 2.36. The third-order valence-electron chi connectivity index (χ3n) is 5.33. The van der Waals surface area contributed by atoms with Crippen LogP contribution in [-0.4, -0.2) is 33.9 Å². The fourth-order valence-electron chi connectivity index (χ4n) is 3.54. The fraction of sp³-hybridized carbons (Fsp3) is 0.174. The van der Waals surface area contributed by atoms with E-state index in [-0.39, 0.29) is 17.2 Å². The molecule has 4 rings (SSSR count). The number of anilines is 2. The summed E-state index contributed by atoms with van der Waals surface area (Å²) < 4.78 is 7.03. The van der Waals surface area contributed by atoms with Gasteiger partial charge in [0.2, 0.25) is 0 Å². The molecule has 0 bridgehead atoms. The number of nitrogens with one attached hydrogen (secondary N) is 2. The summed E-state index contributed by atoms with van der Waals surface area (Å²) in [6.45, 7) is 3.97. The molecule has 3 aromatic rings. The predicted octanol–water partition coefficient (Wildman–Crippen LogP) is 3.74. The Kier molecular flexibility index (Phi) is 5.21. The number of fused-ring (bicyclic) bond motifs is 1. The van der Waals surface area contributed by atoms with Gasteiger partial charge in [0.05, 0.1) is 13.3 Å². The second-order valence-corrected chi connectivity index (χ2v) is 7.30. The second-order valence-electron chi connectivity index (χ2n) is 7.30. The summed E-state index contributed by atoms with van der Waals surface area (Å²) in [6, 6.07) is 12.4. The number of ether oxygens (including phenoxy) is 1. The van der Waals surface area contributed by atoms with Gasteiger partial charge in [0.15, 0.2) is 0 Å². The molecule has 2 heterocycles. The number of para-hydroxylation sites is 1. The van der Waals surface area contributed by atoms with Gasteiger partial charge >= 0.3 is 5.97 Å². The molecule has 0 aliphatic carbocycles. The Morgan fingerprint density at radius 2 is 1.94 bits per heavy atom. The molecule has 158 valence electrons. The van der Waals surface area contributed by atoms with Crippen molar-refractivity contribution in [3.63, 3.8) is 0 Å². The minimum atomic E-state index is -1.13. The molecule has 1 aromatic heterocycles. The largest absolute Gasteiger partial charge is 0.496 e. The van der Waals surface area contributed by atoms with Crippen LogP contribution >= 0.6 is 0 Å². The maximum absolute atomic E-state index is 13.0. The Balaban J connectivity index is 1.74. The van der Waals surface area contributed by atoms with E-state index < -0.39 is 12.0 Å². The Labute approximate surface area is 179 Å². The van der Waals surface area contributed by atoms with Gasteiger partial charge in [0, 0.05) is 11.3 Å². The first-order chi connectivity index (χ1) is 14.9. The first-order valence-corrected chi connectivity index (χ1v) is 9.70. The molecule has 1 amide bonds. The Morgan fingerprint density at radius 1 is 1.16 bits per heavy atom. The van der Waals surface area contributed by atoms with Crippen LogP contribution in [0.15, 0.2) is 60.4 Å². The van der Waals surface area contributed by atoms with E-state index in [1.165, 1.54) is 6.20 Å². The highest BCUT2D eigenvalue weighted by atomic mass is 16.5. The maximum atomic E-state index is 13.0. The summed E-state index contributed by atoms with van der Waals surface area (Å²) in [5.41, 5.74) is 3.77. The molecule has 0 spiro atoms. The van der Waals surface area contributed by atoms with Crippen LogP contribution in [0.4, 0.5) is 11.5 Å². The topological polar surface area (TPSA) is 105 Å². The zero-order chi connectivity index (χ0) is 22.1. The number of carboxylic acids is 1. The molecular weight excluding hydrogens is 396 g/mol. The van der Waals surface area contributed by atoms with Crippen LogP contribution in [0.2, 0.25) is 0 Å². The maximum Gasteiger partial charge on any atom is 0.352 e. The molecule has 1 aliphatic rings. The first kappa shape index (κ1) is 20.2. The molecule has 0 radical (unpaired) electrons. The van der Waals surface area contributed by atoms with Crippen molar-refractivity contribution in [3.8, 4) is 5.75 Å². The lowest BCUT2D eigenvalue weighted by atomic mass is 10.0. The van der Waals surface area contributed by atoms with Gasteiger partial charge in [-0.1, -0.05) is 24.3 Å². The second kappa shape index (κ2) is 7.98. The number of methoxy groups -OCH3 is 1. The Hall–Kier alpha value is -4.07. The van der Waals surface area contributed by atoms with Crippen LogP contribution in [0.25, 0.3) is 0 Å². The smallest absolute Gasteiger partial charge is 0.352 e. The average molecular weight is 418 g/mol. The molecule has 1 atom stereocenters. The highest BCUT2D eigenvalue weighted by Gasteiger charge is 2.30. The molecule has 0 saturated carbocycles. The van der Waals surface area contributed by atoms with Gasteiger partial charge in [-0.3, -0.25) is 4.79 Å². The molecule has 31 heavy (non-hydrogen) atoms. The number of benzene rings is 2. The van der Waals surface area contributed by atoms with Gasteiger partial charge in [0.25, 0.3) is 5.91 Å². The van der Waals surface area contributed by atoms with Crippen LogP contribution in [0.5, 0.6) is 5.75 Å². The lowest BCUT2D eigenvalue weighted by molar-refractivity contribution is -0.132. The van der Waals surface area contributed by atoms with E-state index in [4.69, 9.17) is 4.74 Å². The minimum Gasteiger partial charge on any atom is -0.496 e. The zero-order valence-electron chi connectivity index (χ0n) is 17.3. The summed E-state index contributed by atoms with van der Waals surface area (Å²) in [5, 5.41) is 19.7. The van der Waals surface area contributed by atoms with Gasteiger partial charge in [-0.05, 0) is 49.2 Å². The van der Waals surface area contributed by atoms with Crippen LogP contribution in [-0.2, 0) is 4.79 Å². The molecular formula is C23H22N4O4. The predicted molar refractivity (Wildman–Crippen MR) is 117 cm³/mol. The molecule has 0 unspecified atom stereocenters. The number of amides is 1.